The van der Waals surface area contributed by atoms with Crippen molar-refractivity contribution >= 4 is 34.0 Å². The number of halogens is 2. The molecule has 1 fully saturated rings. The van der Waals surface area contributed by atoms with E-state index >= 15 is 0 Å². The van der Waals surface area contributed by atoms with Gasteiger partial charge in [-0.05, 0) is 61.9 Å². The Morgan fingerprint density at radius 2 is 1.94 bits per heavy atom. The minimum Gasteiger partial charge on any atom is -0.497 e. The summed E-state index contributed by atoms with van der Waals surface area (Å²) in [4.78, 5) is 31.4. The van der Waals surface area contributed by atoms with Crippen molar-refractivity contribution in [2.75, 3.05) is 30.8 Å². The predicted octanol–water partition coefficient (Wildman–Crippen LogP) is 4.14. The molecule has 0 spiro atoms. The third kappa shape index (κ3) is 5.52. The summed E-state index contributed by atoms with van der Waals surface area (Å²) in [5.41, 5.74) is 1.51. The number of ether oxygens (including phenoxy) is 1. The molecule has 0 bridgehead atoms. The summed E-state index contributed by atoms with van der Waals surface area (Å²) in [5.74, 6) is -1.66. The van der Waals surface area contributed by atoms with E-state index in [1.807, 2.05) is 4.90 Å². The van der Waals surface area contributed by atoms with Crippen LogP contribution in [-0.4, -0.2) is 47.9 Å². The number of anilines is 2. The Morgan fingerprint density at radius 3 is 2.67 bits per heavy atom. The number of carbonyl (C=O) groups excluding carboxylic acids is 2. The largest absolute Gasteiger partial charge is 0.497 e. The van der Waals surface area contributed by atoms with Crippen molar-refractivity contribution < 1.29 is 23.1 Å². The van der Waals surface area contributed by atoms with Crippen LogP contribution in [0, 0.1) is 11.6 Å². The molecule has 1 unspecified atom stereocenters. The van der Waals surface area contributed by atoms with Crippen LogP contribution >= 0.6 is 11.3 Å². The lowest BCUT2D eigenvalue weighted by Gasteiger charge is -2.22. The van der Waals surface area contributed by atoms with E-state index in [4.69, 9.17) is 4.74 Å². The molecule has 2 aromatic carbocycles. The summed E-state index contributed by atoms with van der Waals surface area (Å²) in [7, 11) is 1.57. The Labute approximate surface area is 193 Å². The van der Waals surface area contributed by atoms with E-state index in [0.717, 1.165) is 18.6 Å². The summed E-state index contributed by atoms with van der Waals surface area (Å²) in [5, 5.41) is 7.60. The van der Waals surface area contributed by atoms with E-state index in [-0.39, 0.29) is 18.4 Å². The molecule has 2 heterocycles. The fraction of sp³-hybridized carbons (Fsp3) is 0.261. The van der Waals surface area contributed by atoms with Gasteiger partial charge in [0.2, 0.25) is 11.8 Å². The van der Waals surface area contributed by atoms with Gasteiger partial charge in [-0.25, -0.2) is 13.8 Å². The maximum absolute atomic E-state index is 13.5. The van der Waals surface area contributed by atoms with E-state index in [1.165, 1.54) is 17.4 Å². The van der Waals surface area contributed by atoms with E-state index in [2.05, 4.69) is 15.6 Å². The highest BCUT2D eigenvalue weighted by Crippen LogP contribution is 2.26. The third-order valence-electron chi connectivity index (χ3n) is 5.34. The van der Waals surface area contributed by atoms with Crippen LogP contribution in [0.1, 0.15) is 12.8 Å². The average Bonchev–Trinajstić information content (AvgIpc) is 3.46. The van der Waals surface area contributed by atoms with E-state index in [0.29, 0.717) is 40.8 Å². The van der Waals surface area contributed by atoms with Crippen molar-refractivity contribution in [3.8, 4) is 17.0 Å². The fourth-order valence-electron chi connectivity index (χ4n) is 3.67. The second kappa shape index (κ2) is 10.1. The lowest BCUT2D eigenvalue weighted by Crippen LogP contribution is -2.43. The normalized spacial score (nSPS) is 15.9. The number of hydrogen-bond donors (Lipinski definition) is 2. The highest BCUT2D eigenvalue weighted by Gasteiger charge is 2.32. The molecule has 4 rings (SSSR count). The molecule has 2 amide bonds. The molecule has 172 valence electrons. The van der Waals surface area contributed by atoms with Gasteiger partial charge in [-0.3, -0.25) is 14.5 Å². The van der Waals surface area contributed by atoms with Gasteiger partial charge in [0.25, 0.3) is 0 Å². The second-order valence-electron chi connectivity index (χ2n) is 7.56. The van der Waals surface area contributed by atoms with E-state index in [1.54, 1.807) is 36.8 Å². The number of hydrogen-bond acceptors (Lipinski definition) is 6. The highest BCUT2D eigenvalue weighted by molar-refractivity contribution is 7.14. The number of nitrogens with one attached hydrogen (secondary N) is 2. The first-order chi connectivity index (χ1) is 15.9. The van der Waals surface area contributed by atoms with Crippen molar-refractivity contribution in [3.05, 3.63) is 59.5 Å². The first kappa shape index (κ1) is 22.8. The summed E-state index contributed by atoms with van der Waals surface area (Å²) in [6, 6.07) is 10.2. The number of rotatable bonds is 7. The Kier molecular flexibility index (Phi) is 6.95. The van der Waals surface area contributed by atoms with Crippen LogP contribution in [0.3, 0.4) is 0 Å². The number of likely N-dealkylation sites (tertiary alicyclic amines) is 1. The van der Waals surface area contributed by atoms with Gasteiger partial charge < -0.3 is 15.4 Å². The Balaban J connectivity index is 1.34. The molecule has 1 saturated heterocycles. The summed E-state index contributed by atoms with van der Waals surface area (Å²) in [6.07, 6.45) is 1.47. The maximum Gasteiger partial charge on any atom is 0.241 e. The minimum absolute atomic E-state index is 0.0424. The first-order valence-electron chi connectivity index (χ1n) is 10.3. The van der Waals surface area contributed by atoms with E-state index in [9.17, 15) is 18.4 Å². The number of carbonyl (C=O) groups is 2. The second-order valence-corrected chi connectivity index (χ2v) is 8.42. The molecule has 1 aliphatic rings. The van der Waals surface area contributed by atoms with Gasteiger partial charge in [0.1, 0.15) is 5.75 Å². The quantitative estimate of drug-likeness (QED) is 0.540. The number of nitrogens with zero attached hydrogens (tertiary/aromatic N) is 2. The molecular formula is C23H22F2N4O3S. The van der Waals surface area contributed by atoms with Crippen LogP contribution in [0.5, 0.6) is 5.75 Å². The van der Waals surface area contributed by atoms with Gasteiger partial charge in [0.05, 0.1) is 25.4 Å². The van der Waals surface area contributed by atoms with Gasteiger partial charge in [-0.2, -0.15) is 0 Å². The van der Waals surface area contributed by atoms with Crippen LogP contribution in [0.15, 0.2) is 47.8 Å². The zero-order valence-corrected chi connectivity index (χ0v) is 18.6. The zero-order valence-electron chi connectivity index (χ0n) is 17.8. The summed E-state index contributed by atoms with van der Waals surface area (Å²) < 4.78 is 31.7. The number of thiazole rings is 1. The molecule has 7 nitrogen and oxygen atoms in total. The first-order valence-corrected chi connectivity index (χ1v) is 11.2. The monoisotopic (exact) mass is 472 g/mol. The molecule has 2 N–H and O–H groups in total. The molecule has 33 heavy (non-hydrogen) atoms. The van der Waals surface area contributed by atoms with Crippen molar-refractivity contribution in [2.45, 2.75) is 18.9 Å². The van der Waals surface area contributed by atoms with Crippen molar-refractivity contribution in [1.29, 1.82) is 0 Å². The molecule has 0 saturated carbocycles. The Bertz CT molecular complexity index is 1150. The summed E-state index contributed by atoms with van der Waals surface area (Å²) in [6.45, 7) is 0.673. The van der Waals surface area contributed by atoms with Gasteiger partial charge >= 0.3 is 0 Å². The maximum atomic E-state index is 13.5. The molecule has 3 aromatic rings. The lowest BCUT2D eigenvalue weighted by atomic mass is 10.2. The van der Waals surface area contributed by atoms with Crippen LogP contribution in [0.4, 0.5) is 19.6 Å². The smallest absolute Gasteiger partial charge is 0.241 e. The van der Waals surface area contributed by atoms with E-state index < -0.39 is 17.7 Å². The van der Waals surface area contributed by atoms with Crippen LogP contribution in [0.25, 0.3) is 11.3 Å². The van der Waals surface area contributed by atoms with Crippen LogP contribution < -0.4 is 15.4 Å². The number of methoxy groups -OCH3 is 1. The fourth-order valence-corrected chi connectivity index (χ4v) is 4.41. The molecule has 1 aliphatic heterocycles. The molecule has 1 atom stereocenters. The average molecular weight is 473 g/mol. The van der Waals surface area contributed by atoms with Crippen LogP contribution in [-0.2, 0) is 9.59 Å². The molecular weight excluding hydrogens is 450 g/mol. The van der Waals surface area contributed by atoms with Crippen LogP contribution in [0.2, 0.25) is 0 Å². The molecule has 0 aliphatic carbocycles. The standard InChI is InChI=1S/C23H22F2N4O3S/c1-32-16-7-5-15(6-8-16)26-22(31)20-3-2-10-29(20)12-21(30)28-23-27-19(13-33-23)14-4-9-17(24)18(25)11-14/h4-9,11,13,20H,2-3,10,12H2,1H3,(H,26,31)(H,27,28,30). The zero-order chi connectivity index (χ0) is 23.4. The number of aromatic nitrogens is 1. The minimum atomic E-state index is -0.959. The van der Waals surface area contributed by atoms with Gasteiger partial charge in [-0.1, -0.05) is 0 Å². The van der Waals surface area contributed by atoms with Crippen molar-refractivity contribution in [2.24, 2.45) is 0 Å². The number of amides is 2. The third-order valence-corrected chi connectivity index (χ3v) is 6.09. The van der Waals surface area contributed by atoms with Crippen molar-refractivity contribution in [3.63, 3.8) is 0 Å². The predicted molar refractivity (Wildman–Crippen MR) is 122 cm³/mol. The van der Waals surface area contributed by atoms with Crippen molar-refractivity contribution in [1.82, 2.24) is 9.88 Å². The molecule has 1 aromatic heterocycles. The van der Waals surface area contributed by atoms with Gasteiger partial charge in [0, 0.05) is 16.6 Å². The highest BCUT2D eigenvalue weighted by atomic mass is 32.1. The Morgan fingerprint density at radius 1 is 1.15 bits per heavy atom. The van der Waals surface area contributed by atoms with Gasteiger partial charge in [0.15, 0.2) is 16.8 Å². The molecule has 10 heteroatoms. The Hall–Kier alpha value is -3.37. The number of benzene rings is 2. The molecule has 0 radical (unpaired) electrons. The van der Waals surface area contributed by atoms with Gasteiger partial charge in [-0.15, -0.1) is 11.3 Å². The SMILES string of the molecule is COc1ccc(NC(=O)C2CCCN2CC(=O)Nc2nc(-c3ccc(F)c(F)c3)cs2)cc1. The lowest BCUT2D eigenvalue weighted by molar-refractivity contribution is -0.122. The topological polar surface area (TPSA) is 83.6 Å². The summed E-state index contributed by atoms with van der Waals surface area (Å²) >= 11 is 1.19.